The van der Waals surface area contributed by atoms with Gasteiger partial charge in [0.15, 0.2) is 0 Å². The standard InChI is InChI=1S/C15H19NO6S2/c1-21-13(17)6-8-23-15(24-9-7-14(18)22-2)11-4-3-5-12(10-11)16(19)20/h3-5,10,15H,6-9H2,1-2H3. The van der Waals surface area contributed by atoms with Crippen LogP contribution < -0.4 is 0 Å². The Morgan fingerprint density at radius 3 is 2.12 bits per heavy atom. The maximum atomic E-state index is 11.2. The van der Waals surface area contributed by atoms with Crippen molar-refractivity contribution in [2.75, 3.05) is 25.7 Å². The van der Waals surface area contributed by atoms with Gasteiger partial charge in [-0.15, -0.1) is 23.5 Å². The number of hydrogen-bond acceptors (Lipinski definition) is 8. The van der Waals surface area contributed by atoms with Crippen molar-refractivity contribution in [1.29, 1.82) is 0 Å². The van der Waals surface area contributed by atoms with Gasteiger partial charge in [0.2, 0.25) is 0 Å². The van der Waals surface area contributed by atoms with E-state index in [0.29, 0.717) is 11.5 Å². The number of carbonyl (C=O) groups excluding carboxylic acids is 2. The summed E-state index contributed by atoms with van der Waals surface area (Å²) < 4.78 is 9.09. The number of nitro benzene ring substituents is 1. The van der Waals surface area contributed by atoms with Gasteiger partial charge in [0, 0.05) is 23.6 Å². The van der Waals surface area contributed by atoms with E-state index in [1.54, 1.807) is 12.1 Å². The summed E-state index contributed by atoms with van der Waals surface area (Å²) >= 11 is 2.97. The topological polar surface area (TPSA) is 95.7 Å². The van der Waals surface area contributed by atoms with Crippen LogP contribution in [-0.4, -0.2) is 42.6 Å². The molecule has 0 saturated heterocycles. The van der Waals surface area contributed by atoms with Gasteiger partial charge in [0.25, 0.3) is 5.69 Å². The van der Waals surface area contributed by atoms with Crippen LogP contribution in [-0.2, 0) is 19.1 Å². The summed E-state index contributed by atoms with van der Waals surface area (Å²) in [6.07, 6.45) is 0.508. The highest BCUT2D eigenvalue weighted by atomic mass is 32.2. The molecule has 1 aromatic carbocycles. The van der Waals surface area contributed by atoms with Crippen molar-refractivity contribution >= 4 is 41.1 Å². The molecule has 0 atom stereocenters. The minimum absolute atomic E-state index is 0.0136. The second kappa shape index (κ2) is 10.9. The van der Waals surface area contributed by atoms with E-state index in [4.69, 9.17) is 0 Å². The molecule has 0 amide bonds. The Balaban J connectivity index is 2.75. The lowest BCUT2D eigenvalue weighted by molar-refractivity contribution is -0.384. The first kappa shape index (κ1) is 20.3. The lowest BCUT2D eigenvalue weighted by Crippen LogP contribution is -2.04. The molecular formula is C15H19NO6S2. The number of ether oxygens (including phenoxy) is 2. The Kier molecular flexibility index (Phi) is 9.24. The van der Waals surface area contributed by atoms with Crippen LogP contribution in [0.25, 0.3) is 0 Å². The number of nitrogens with zero attached hydrogens (tertiary/aromatic N) is 1. The molecule has 1 rings (SSSR count). The second-order valence-electron chi connectivity index (χ2n) is 4.58. The summed E-state index contributed by atoms with van der Waals surface area (Å²) in [4.78, 5) is 32.9. The van der Waals surface area contributed by atoms with Crippen molar-refractivity contribution < 1.29 is 24.0 Å². The molecule has 0 radical (unpaired) electrons. The van der Waals surface area contributed by atoms with Crippen molar-refractivity contribution in [2.45, 2.75) is 17.4 Å². The Hall–Kier alpha value is -1.74. The van der Waals surface area contributed by atoms with Crippen LogP contribution in [0.4, 0.5) is 5.69 Å². The zero-order chi connectivity index (χ0) is 17.9. The highest BCUT2D eigenvalue weighted by molar-refractivity contribution is 8.16. The maximum absolute atomic E-state index is 11.2. The third-order valence-electron chi connectivity index (χ3n) is 2.96. The fourth-order valence-corrected chi connectivity index (χ4v) is 4.37. The molecule has 7 nitrogen and oxygen atoms in total. The summed E-state index contributed by atoms with van der Waals surface area (Å²) in [5, 5.41) is 10.9. The first-order valence-electron chi connectivity index (χ1n) is 7.09. The predicted molar refractivity (Wildman–Crippen MR) is 94.0 cm³/mol. The van der Waals surface area contributed by atoms with Crippen LogP contribution >= 0.6 is 23.5 Å². The van der Waals surface area contributed by atoms with E-state index >= 15 is 0 Å². The summed E-state index contributed by atoms with van der Waals surface area (Å²) in [5.74, 6) is 0.427. The molecule has 0 bridgehead atoms. The Morgan fingerprint density at radius 1 is 1.12 bits per heavy atom. The normalized spacial score (nSPS) is 10.5. The highest BCUT2D eigenvalue weighted by Gasteiger charge is 2.17. The van der Waals surface area contributed by atoms with Crippen LogP contribution in [0, 0.1) is 10.1 Å². The lowest BCUT2D eigenvalue weighted by Gasteiger charge is -2.16. The molecule has 0 aliphatic carbocycles. The predicted octanol–water partition coefficient (Wildman–Crippen LogP) is 3.19. The number of non-ortho nitro benzene ring substituents is 1. The molecule has 24 heavy (non-hydrogen) atoms. The largest absolute Gasteiger partial charge is 0.469 e. The third-order valence-corrected chi connectivity index (χ3v) is 5.81. The van der Waals surface area contributed by atoms with Gasteiger partial charge in [-0.1, -0.05) is 12.1 Å². The van der Waals surface area contributed by atoms with E-state index in [-0.39, 0.29) is 35.0 Å². The SMILES string of the molecule is COC(=O)CCSC(SCCC(=O)OC)c1cccc([N+](=O)[O-])c1. The quantitative estimate of drug-likeness (QED) is 0.267. The molecule has 0 unspecified atom stereocenters. The lowest BCUT2D eigenvalue weighted by atomic mass is 10.2. The molecule has 0 fully saturated rings. The number of methoxy groups -OCH3 is 2. The zero-order valence-corrected chi connectivity index (χ0v) is 15.1. The van der Waals surface area contributed by atoms with Gasteiger partial charge in [-0.05, 0) is 5.56 Å². The Morgan fingerprint density at radius 2 is 1.67 bits per heavy atom. The van der Waals surface area contributed by atoms with Crippen LogP contribution in [0.1, 0.15) is 23.0 Å². The zero-order valence-electron chi connectivity index (χ0n) is 13.4. The van der Waals surface area contributed by atoms with Crippen LogP contribution in [0.2, 0.25) is 0 Å². The molecule has 1 aromatic rings. The summed E-state index contributed by atoms with van der Waals surface area (Å²) in [7, 11) is 2.66. The third kappa shape index (κ3) is 7.22. The average molecular weight is 373 g/mol. The van der Waals surface area contributed by atoms with Gasteiger partial charge in [-0.2, -0.15) is 0 Å². The summed E-state index contributed by atoms with van der Waals surface area (Å²) in [5.41, 5.74) is 0.786. The summed E-state index contributed by atoms with van der Waals surface area (Å²) in [6, 6.07) is 6.37. The minimum atomic E-state index is -0.446. The maximum Gasteiger partial charge on any atom is 0.306 e. The first-order valence-corrected chi connectivity index (χ1v) is 9.19. The van der Waals surface area contributed by atoms with E-state index in [0.717, 1.165) is 5.56 Å². The summed E-state index contributed by atoms with van der Waals surface area (Å²) in [6.45, 7) is 0. The number of esters is 2. The highest BCUT2D eigenvalue weighted by Crippen LogP contribution is 2.41. The van der Waals surface area contributed by atoms with Crippen molar-refractivity contribution in [2.24, 2.45) is 0 Å². The van der Waals surface area contributed by atoms with Gasteiger partial charge < -0.3 is 9.47 Å². The molecule has 0 N–H and O–H groups in total. The molecule has 0 heterocycles. The number of rotatable bonds is 10. The van der Waals surface area contributed by atoms with Gasteiger partial charge >= 0.3 is 11.9 Å². The van der Waals surface area contributed by atoms with Gasteiger partial charge in [0.1, 0.15) is 0 Å². The molecule has 0 aromatic heterocycles. The van der Waals surface area contributed by atoms with E-state index in [1.807, 2.05) is 0 Å². The smallest absolute Gasteiger partial charge is 0.306 e. The van der Waals surface area contributed by atoms with E-state index in [1.165, 1.54) is 49.9 Å². The molecular weight excluding hydrogens is 354 g/mol. The number of nitro groups is 1. The number of benzene rings is 1. The van der Waals surface area contributed by atoms with Gasteiger partial charge in [-0.25, -0.2) is 0 Å². The molecule has 0 spiro atoms. The van der Waals surface area contributed by atoms with Crippen LogP contribution in [0.3, 0.4) is 0 Å². The van der Waals surface area contributed by atoms with E-state index in [9.17, 15) is 19.7 Å². The van der Waals surface area contributed by atoms with Crippen molar-refractivity contribution in [3.05, 3.63) is 39.9 Å². The molecule has 132 valence electrons. The number of thioether (sulfide) groups is 2. The average Bonchev–Trinajstić information content (AvgIpc) is 2.59. The molecule has 9 heteroatoms. The Bertz CT molecular complexity index is 559. The fraction of sp³-hybridized carbons (Fsp3) is 0.467. The number of hydrogen-bond donors (Lipinski definition) is 0. The minimum Gasteiger partial charge on any atom is -0.469 e. The van der Waals surface area contributed by atoms with E-state index < -0.39 is 4.92 Å². The molecule has 0 saturated carbocycles. The number of carbonyl (C=O) groups is 2. The fourth-order valence-electron chi connectivity index (χ4n) is 1.73. The van der Waals surface area contributed by atoms with Crippen LogP contribution in [0.5, 0.6) is 0 Å². The first-order chi connectivity index (χ1) is 11.5. The van der Waals surface area contributed by atoms with E-state index in [2.05, 4.69) is 9.47 Å². The molecule has 0 aliphatic heterocycles. The van der Waals surface area contributed by atoms with Crippen molar-refractivity contribution in [1.82, 2.24) is 0 Å². The van der Waals surface area contributed by atoms with Crippen molar-refractivity contribution in [3.8, 4) is 0 Å². The molecule has 0 aliphatic rings. The van der Waals surface area contributed by atoms with Crippen LogP contribution in [0.15, 0.2) is 24.3 Å². The van der Waals surface area contributed by atoms with Gasteiger partial charge in [0.05, 0.1) is 36.6 Å². The second-order valence-corrected chi connectivity index (χ2v) is 7.30. The van der Waals surface area contributed by atoms with Gasteiger partial charge in [-0.3, -0.25) is 19.7 Å². The monoisotopic (exact) mass is 373 g/mol. The van der Waals surface area contributed by atoms with Crippen molar-refractivity contribution in [3.63, 3.8) is 0 Å². The Labute approximate surface area is 148 Å².